The zero-order valence-electron chi connectivity index (χ0n) is 37.0. The molecule has 8 rings (SSSR count). The summed E-state index contributed by atoms with van der Waals surface area (Å²) < 4.78 is 16.4. The van der Waals surface area contributed by atoms with Gasteiger partial charge in [0, 0.05) is 76.5 Å². The van der Waals surface area contributed by atoms with Crippen molar-refractivity contribution in [1.29, 1.82) is 0 Å². The lowest BCUT2D eigenvalue weighted by molar-refractivity contribution is -0.128. The number of hydrogen-bond donors (Lipinski definition) is 2. The molecule has 0 spiro atoms. The molecule has 20 heteroatoms. The number of aromatic hydroxyl groups is 1. The number of phenols is 1. The van der Waals surface area contributed by atoms with E-state index in [9.17, 15) is 29.1 Å². The zero-order chi connectivity index (χ0) is 49.8. The van der Waals surface area contributed by atoms with Crippen LogP contribution in [0.25, 0.3) is 22.1 Å². The van der Waals surface area contributed by atoms with E-state index in [4.69, 9.17) is 56.2 Å². The van der Waals surface area contributed by atoms with Crippen molar-refractivity contribution < 1.29 is 24.5 Å². The lowest BCUT2D eigenvalue weighted by Gasteiger charge is -2.16. The minimum atomic E-state index is -0.491. The monoisotopic (exact) mass is 1080 g/mol. The molecule has 0 amide bonds. The number of halogens is 5. The van der Waals surface area contributed by atoms with E-state index >= 15 is 0 Å². The van der Waals surface area contributed by atoms with Crippen LogP contribution in [0.5, 0.6) is 17.2 Å². The maximum Gasteiger partial charge on any atom is 0.332 e. The third-order valence-corrected chi connectivity index (χ3v) is 12.2. The van der Waals surface area contributed by atoms with Crippen LogP contribution in [0.3, 0.4) is 0 Å². The van der Waals surface area contributed by atoms with Crippen molar-refractivity contribution in [2.45, 2.75) is 38.8 Å². The molecule has 0 saturated carbocycles. The van der Waals surface area contributed by atoms with Gasteiger partial charge in [0.1, 0.15) is 28.5 Å². The van der Waals surface area contributed by atoms with Gasteiger partial charge in [-0.2, -0.15) is 0 Å². The van der Waals surface area contributed by atoms with Crippen LogP contribution >= 0.6 is 62.3 Å². The molecule has 0 radical (unpaired) electrons. The summed E-state index contributed by atoms with van der Waals surface area (Å²) >= 11 is 27.1. The van der Waals surface area contributed by atoms with E-state index in [1.165, 1.54) is 21.4 Å². The summed E-state index contributed by atoms with van der Waals surface area (Å²) in [7, 11) is 3.14. The molecule has 0 unspecified atom stereocenters. The normalized spacial score (nSPS) is 10.8. The van der Waals surface area contributed by atoms with Crippen molar-refractivity contribution in [2.24, 2.45) is 14.1 Å². The van der Waals surface area contributed by atoms with Gasteiger partial charge < -0.3 is 19.7 Å². The highest BCUT2D eigenvalue weighted by Crippen LogP contribution is 2.32. The summed E-state index contributed by atoms with van der Waals surface area (Å²) in [6, 6.07) is 28.0. The number of rotatable bonds is 14. The Kier molecular flexibility index (Phi) is 18.4. The second kappa shape index (κ2) is 24.3. The summed E-state index contributed by atoms with van der Waals surface area (Å²) in [4.78, 5) is 70.9. The predicted octanol–water partition coefficient (Wildman–Crippen LogP) is 8.88. The topological polar surface area (TPSA) is 190 Å². The Morgan fingerprint density at radius 1 is 0.652 bits per heavy atom. The Morgan fingerprint density at radius 3 is 1.67 bits per heavy atom. The smallest absolute Gasteiger partial charge is 0.332 e. The summed E-state index contributed by atoms with van der Waals surface area (Å²) in [5, 5.41) is 20.9. The molecule has 358 valence electrons. The molecule has 2 N–H and O–H groups in total. The van der Waals surface area contributed by atoms with Gasteiger partial charge in [0.2, 0.25) is 0 Å². The fourth-order valence-electron chi connectivity index (χ4n) is 7.14. The average Bonchev–Trinajstić information content (AvgIpc) is 3.32. The number of aliphatic hydroxyl groups is 1. The third-order valence-electron chi connectivity index (χ3n) is 10.5. The van der Waals surface area contributed by atoms with Gasteiger partial charge in [-0.05, 0) is 113 Å². The van der Waals surface area contributed by atoms with Crippen LogP contribution in [-0.4, -0.2) is 58.1 Å². The minimum Gasteiger partial charge on any atom is -0.508 e. The van der Waals surface area contributed by atoms with Crippen molar-refractivity contribution in [1.82, 2.24) is 28.2 Å². The molecule has 8 aromatic rings. The molecule has 15 nitrogen and oxygen atoms in total. The van der Waals surface area contributed by atoms with Crippen molar-refractivity contribution in [3.63, 3.8) is 0 Å². The summed E-state index contributed by atoms with van der Waals surface area (Å²) in [6.45, 7) is 0.569. The van der Waals surface area contributed by atoms with E-state index in [1.807, 2.05) is 24.3 Å². The first-order chi connectivity index (χ1) is 33.1. The largest absolute Gasteiger partial charge is 0.508 e. The standard InChI is InChI=1S/C24H21Cl2N3O4.C19H17BrClN3O4.C6H5ClO/c1-28-22-21(23(31)29(24(28)32)10-3-11-30)19(12-15-6-8-16(25)9-7-15)20(14-27-22)33-18-5-2-4-17(26)13-18;1-23-17-16(18(26)24(19(23)27)7-2-8-28-11-25)14(15(20)10-22-17)9-12-3-5-13(21)6-4-12;7-5-2-1-3-6(8)4-5/h2,4-9,13-14,30H,3,10-12H2,1H3;3-6,10-11H,2,7-9H2,1H3;1-4,8H. The molecule has 4 aromatic carbocycles. The predicted molar refractivity (Wildman–Crippen MR) is 272 cm³/mol. The van der Waals surface area contributed by atoms with Gasteiger partial charge >= 0.3 is 11.4 Å². The van der Waals surface area contributed by atoms with Crippen molar-refractivity contribution >= 4 is 90.9 Å². The number of fused-ring (bicyclic) bond motifs is 2. The molecule has 0 atom stereocenters. The second-order valence-electron chi connectivity index (χ2n) is 15.2. The highest BCUT2D eigenvalue weighted by molar-refractivity contribution is 9.10. The van der Waals surface area contributed by atoms with Crippen LogP contribution in [0.4, 0.5) is 0 Å². The Morgan fingerprint density at radius 2 is 1.16 bits per heavy atom. The van der Waals surface area contributed by atoms with Crippen molar-refractivity contribution in [3.05, 3.63) is 198 Å². The molecule has 0 fully saturated rings. The maximum atomic E-state index is 13.5. The fraction of sp³-hybridized carbons (Fsp3) is 0.204. The first kappa shape index (κ1) is 52.1. The van der Waals surface area contributed by atoms with E-state index < -0.39 is 22.5 Å². The van der Waals surface area contributed by atoms with E-state index in [2.05, 4.69) is 30.6 Å². The summed E-state index contributed by atoms with van der Waals surface area (Å²) in [5.74, 6) is 1.08. The zero-order valence-corrected chi connectivity index (χ0v) is 41.6. The third kappa shape index (κ3) is 13.1. The van der Waals surface area contributed by atoms with Crippen molar-refractivity contribution in [2.75, 3.05) is 13.2 Å². The number of nitrogens with zero attached hydrogens (tertiary/aromatic N) is 6. The van der Waals surface area contributed by atoms with Gasteiger partial charge in [0.05, 0.1) is 23.6 Å². The van der Waals surface area contributed by atoms with Gasteiger partial charge in [0.15, 0.2) is 0 Å². The van der Waals surface area contributed by atoms with Crippen molar-refractivity contribution in [3.8, 4) is 17.2 Å². The highest BCUT2D eigenvalue weighted by Gasteiger charge is 2.21. The first-order valence-electron chi connectivity index (χ1n) is 21.0. The number of benzene rings is 4. The number of carbonyl (C=O) groups excluding carboxylic acids is 1. The molecule has 0 aliphatic heterocycles. The van der Waals surface area contributed by atoms with Gasteiger partial charge in [-0.3, -0.25) is 32.7 Å². The van der Waals surface area contributed by atoms with E-state index in [-0.39, 0.29) is 49.5 Å². The molecular weight excluding hydrogens is 1040 g/mol. The molecular formula is C49H43BrCl4N6O9. The minimum absolute atomic E-state index is 0.0949. The lowest BCUT2D eigenvalue weighted by Crippen LogP contribution is -2.40. The number of aryl methyl sites for hydroxylation is 2. The first-order valence-corrected chi connectivity index (χ1v) is 23.3. The number of ether oxygens (including phenoxy) is 2. The van der Waals surface area contributed by atoms with Crippen LogP contribution < -0.4 is 27.2 Å². The SMILES string of the molecule is Cn1c(=O)n(CCCO)c(=O)c2c(Cc3ccc(Cl)cc3)c(Oc3cccc(Cl)c3)cnc21.Cn1c(=O)n(CCCOC=O)c(=O)c2c(Cc3ccc(Cl)cc3)c(Br)cnc21.Oc1cccc(Cl)c1. The molecule has 0 aliphatic carbocycles. The van der Waals surface area contributed by atoms with Gasteiger partial charge in [-0.15, -0.1) is 0 Å². The second-order valence-corrected chi connectivity index (χ2v) is 17.8. The fourth-order valence-corrected chi connectivity index (χ4v) is 8.20. The molecule has 0 aliphatic rings. The Labute approximate surface area is 422 Å². The lowest BCUT2D eigenvalue weighted by atomic mass is 10.0. The molecule has 69 heavy (non-hydrogen) atoms. The highest BCUT2D eigenvalue weighted by atomic mass is 79.9. The number of phenolic OH excluding ortho intramolecular Hbond substituents is 1. The van der Waals surface area contributed by atoms with Crippen LogP contribution in [0.2, 0.25) is 20.1 Å². The van der Waals surface area contributed by atoms with Gasteiger partial charge in [0.25, 0.3) is 17.6 Å². The van der Waals surface area contributed by atoms with Gasteiger partial charge in [-0.25, -0.2) is 19.6 Å². The van der Waals surface area contributed by atoms with E-state index in [1.54, 1.807) is 87.0 Å². The molecule has 4 heterocycles. The number of aliphatic hydroxyl groups excluding tert-OH is 1. The number of carbonyl (C=O) groups is 1. The van der Waals surface area contributed by atoms with Crippen LogP contribution in [0, 0.1) is 0 Å². The number of aromatic nitrogens is 6. The average molecular weight is 1080 g/mol. The summed E-state index contributed by atoms with van der Waals surface area (Å²) in [6.07, 6.45) is 4.55. The number of pyridine rings is 2. The number of hydrogen-bond acceptors (Lipinski definition) is 11. The van der Waals surface area contributed by atoms with Crippen LogP contribution in [0.1, 0.15) is 35.1 Å². The Bertz CT molecular complexity index is 3350. The molecule has 0 saturated heterocycles. The van der Waals surface area contributed by atoms with E-state index in [0.29, 0.717) is 78.4 Å². The van der Waals surface area contributed by atoms with Crippen LogP contribution in [0.15, 0.2) is 133 Å². The Balaban J connectivity index is 0.000000197. The quantitative estimate of drug-likeness (QED) is 0.0782. The van der Waals surface area contributed by atoms with Gasteiger partial charge in [-0.1, -0.05) is 82.8 Å². The molecule has 4 aromatic heterocycles. The maximum absolute atomic E-state index is 13.5. The van der Waals surface area contributed by atoms with E-state index in [0.717, 1.165) is 25.8 Å². The summed E-state index contributed by atoms with van der Waals surface area (Å²) in [5.41, 5.74) is 1.93. The van der Waals surface area contributed by atoms with Crippen LogP contribution in [-0.2, 0) is 49.6 Å². The molecule has 0 bridgehead atoms. The Hall–Kier alpha value is -6.27.